The van der Waals surface area contributed by atoms with Crippen LogP contribution in [0.4, 0.5) is 23.2 Å². The zero-order chi connectivity index (χ0) is 20.0. The van der Waals surface area contributed by atoms with Gasteiger partial charge in [0, 0.05) is 17.3 Å². The molecule has 1 amide bonds. The van der Waals surface area contributed by atoms with Crippen LogP contribution in [0.25, 0.3) is 6.08 Å². The Morgan fingerprint density at radius 2 is 1.81 bits per heavy atom. The molecule has 0 spiro atoms. The Morgan fingerprint density at radius 1 is 1.11 bits per heavy atom. The fourth-order valence-corrected chi connectivity index (χ4v) is 2.05. The number of alkyl halides is 3. The molecule has 0 aromatic heterocycles. The molecule has 8 heteroatoms. The smallest absolute Gasteiger partial charge is 0.416 e. The lowest BCUT2D eigenvalue weighted by Crippen LogP contribution is -2.29. The quantitative estimate of drug-likeness (QED) is 0.474. The van der Waals surface area contributed by atoms with E-state index in [2.05, 4.69) is 5.32 Å². The number of rotatable bonds is 5. The molecule has 0 heterocycles. The van der Waals surface area contributed by atoms with Gasteiger partial charge in [0.1, 0.15) is 5.82 Å². The molecule has 0 unspecified atom stereocenters. The third-order valence-electron chi connectivity index (χ3n) is 3.42. The summed E-state index contributed by atoms with van der Waals surface area (Å²) in [5.41, 5.74) is -0.840. The Morgan fingerprint density at radius 3 is 2.48 bits per heavy atom. The molecule has 0 radical (unpaired) electrons. The third kappa shape index (κ3) is 5.95. The van der Waals surface area contributed by atoms with Gasteiger partial charge in [0.15, 0.2) is 6.10 Å². The predicted molar refractivity (Wildman–Crippen MR) is 91.1 cm³/mol. The second-order valence-electron chi connectivity index (χ2n) is 5.50. The fraction of sp³-hybridized carbons (Fsp3) is 0.158. The van der Waals surface area contributed by atoms with Crippen molar-refractivity contribution in [3.63, 3.8) is 0 Å². The van der Waals surface area contributed by atoms with E-state index in [4.69, 9.17) is 4.74 Å². The lowest BCUT2D eigenvalue weighted by Gasteiger charge is -2.13. The number of carbonyl (C=O) groups excluding carboxylic acids is 2. The maximum atomic E-state index is 13.4. The first-order valence-corrected chi connectivity index (χ1v) is 7.78. The van der Waals surface area contributed by atoms with Crippen LogP contribution >= 0.6 is 0 Å². The van der Waals surface area contributed by atoms with Crippen molar-refractivity contribution in [3.05, 3.63) is 71.6 Å². The van der Waals surface area contributed by atoms with Gasteiger partial charge in [-0.25, -0.2) is 9.18 Å². The third-order valence-corrected chi connectivity index (χ3v) is 3.42. The van der Waals surface area contributed by atoms with Gasteiger partial charge in [-0.05, 0) is 37.3 Å². The summed E-state index contributed by atoms with van der Waals surface area (Å²) in [6.07, 6.45) is -3.67. The second-order valence-corrected chi connectivity index (χ2v) is 5.50. The van der Waals surface area contributed by atoms with Crippen molar-refractivity contribution < 1.29 is 31.9 Å². The van der Waals surface area contributed by atoms with Crippen LogP contribution in [0.1, 0.15) is 18.1 Å². The molecule has 0 aliphatic carbocycles. The van der Waals surface area contributed by atoms with Crippen LogP contribution < -0.4 is 5.32 Å². The highest BCUT2D eigenvalue weighted by molar-refractivity contribution is 5.96. The monoisotopic (exact) mass is 381 g/mol. The number of ether oxygens (including phenoxy) is 1. The van der Waals surface area contributed by atoms with E-state index in [1.165, 1.54) is 37.3 Å². The zero-order valence-corrected chi connectivity index (χ0v) is 14.1. The number of anilines is 1. The summed E-state index contributed by atoms with van der Waals surface area (Å²) in [5, 5.41) is 2.24. The molecular formula is C19H15F4NO3. The van der Waals surface area contributed by atoms with Crippen LogP contribution in [0.5, 0.6) is 0 Å². The summed E-state index contributed by atoms with van der Waals surface area (Å²) in [6, 6.07) is 9.80. The predicted octanol–water partition coefficient (Wildman–Crippen LogP) is 4.43. The molecule has 1 N–H and O–H groups in total. The summed E-state index contributed by atoms with van der Waals surface area (Å²) in [5.74, 6) is -2.23. The Balaban J connectivity index is 1.95. The molecule has 0 saturated heterocycles. The van der Waals surface area contributed by atoms with E-state index in [-0.39, 0.29) is 11.3 Å². The van der Waals surface area contributed by atoms with Crippen molar-refractivity contribution in [2.45, 2.75) is 19.2 Å². The first kappa shape index (κ1) is 20.2. The molecule has 4 nitrogen and oxygen atoms in total. The van der Waals surface area contributed by atoms with E-state index in [0.29, 0.717) is 0 Å². The van der Waals surface area contributed by atoms with E-state index in [9.17, 15) is 27.2 Å². The van der Waals surface area contributed by atoms with Crippen LogP contribution in [-0.4, -0.2) is 18.0 Å². The Kier molecular flexibility index (Phi) is 6.33. The Bertz CT molecular complexity index is 862. The second kappa shape index (κ2) is 8.48. The molecule has 2 aromatic carbocycles. The van der Waals surface area contributed by atoms with Gasteiger partial charge in [0.2, 0.25) is 0 Å². The normalized spacial score (nSPS) is 12.6. The van der Waals surface area contributed by atoms with Crippen molar-refractivity contribution in [1.29, 1.82) is 0 Å². The Hall–Kier alpha value is -3.16. The number of hydrogen-bond acceptors (Lipinski definition) is 3. The van der Waals surface area contributed by atoms with Crippen molar-refractivity contribution in [3.8, 4) is 0 Å². The summed E-state index contributed by atoms with van der Waals surface area (Å²) in [6.45, 7) is 1.26. The lowest BCUT2D eigenvalue weighted by molar-refractivity contribution is -0.148. The average Bonchev–Trinajstić information content (AvgIpc) is 2.60. The van der Waals surface area contributed by atoms with Crippen molar-refractivity contribution in [1.82, 2.24) is 0 Å². The molecule has 0 saturated carbocycles. The molecular weight excluding hydrogens is 366 g/mol. The summed E-state index contributed by atoms with van der Waals surface area (Å²) in [4.78, 5) is 23.7. The minimum Gasteiger partial charge on any atom is -0.449 e. The first-order chi connectivity index (χ1) is 12.7. The number of amides is 1. The van der Waals surface area contributed by atoms with E-state index < -0.39 is 35.5 Å². The van der Waals surface area contributed by atoms with Gasteiger partial charge >= 0.3 is 12.1 Å². The molecule has 0 aliphatic rings. The number of carbonyl (C=O) groups is 2. The molecule has 1 atom stereocenters. The number of benzene rings is 2. The number of esters is 1. The molecule has 0 aliphatic heterocycles. The molecule has 0 fully saturated rings. The summed E-state index contributed by atoms with van der Waals surface area (Å²) < 4.78 is 56.3. The maximum absolute atomic E-state index is 13.4. The van der Waals surface area contributed by atoms with Gasteiger partial charge in [0.05, 0.1) is 5.56 Å². The van der Waals surface area contributed by atoms with Crippen molar-refractivity contribution in [2.75, 3.05) is 5.32 Å². The van der Waals surface area contributed by atoms with Gasteiger partial charge in [-0.1, -0.05) is 24.3 Å². The molecule has 27 heavy (non-hydrogen) atoms. The largest absolute Gasteiger partial charge is 0.449 e. The first-order valence-electron chi connectivity index (χ1n) is 7.78. The van der Waals surface area contributed by atoms with Crippen LogP contribution in [0, 0.1) is 5.82 Å². The molecule has 2 rings (SSSR count). The SMILES string of the molecule is C[C@H](OC(=O)/C=C/c1ccccc1F)C(=O)Nc1cccc(C(F)(F)F)c1. The van der Waals surface area contributed by atoms with Crippen LogP contribution in [0.2, 0.25) is 0 Å². The highest BCUT2D eigenvalue weighted by Crippen LogP contribution is 2.30. The number of nitrogens with one attached hydrogen (secondary N) is 1. The minimum absolute atomic E-state index is 0.0837. The fourth-order valence-electron chi connectivity index (χ4n) is 2.05. The van der Waals surface area contributed by atoms with E-state index in [0.717, 1.165) is 24.3 Å². The highest BCUT2D eigenvalue weighted by atomic mass is 19.4. The minimum atomic E-state index is -4.55. The van der Waals surface area contributed by atoms with Gasteiger partial charge in [0.25, 0.3) is 5.91 Å². The average molecular weight is 381 g/mol. The van der Waals surface area contributed by atoms with Crippen LogP contribution in [0.3, 0.4) is 0 Å². The summed E-state index contributed by atoms with van der Waals surface area (Å²) >= 11 is 0. The van der Waals surface area contributed by atoms with Gasteiger partial charge < -0.3 is 10.1 Å². The standard InChI is InChI=1S/C19H15F4NO3/c1-12(27-17(25)10-9-13-5-2-3-8-16(13)20)18(26)24-15-7-4-6-14(11-15)19(21,22)23/h2-12H,1H3,(H,24,26)/b10-9+/t12-/m0/s1. The summed E-state index contributed by atoms with van der Waals surface area (Å²) in [7, 11) is 0. The molecule has 0 bridgehead atoms. The van der Waals surface area contributed by atoms with Crippen LogP contribution in [-0.2, 0) is 20.5 Å². The maximum Gasteiger partial charge on any atom is 0.416 e. The van der Waals surface area contributed by atoms with E-state index in [1.807, 2.05) is 0 Å². The number of halogens is 4. The topological polar surface area (TPSA) is 55.4 Å². The van der Waals surface area contributed by atoms with Crippen molar-refractivity contribution in [2.24, 2.45) is 0 Å². The van der Waals surface area contributed by atoms with Crippen LogP contribution in [0.15, 0.2) is 54.6 Å². The van der Waals surface area contributed by atoms with E-state index >= 15 is 0 Å². The molecule has 142 valence electrons. The van der Waals surface area contributed by atoms with Gasteiger partial charge in [-0.2, -0.15) is 13.2 Å². The highest BCUT2D eigenvalue weighted by Gasteiger charge is 2.30. The lowest BCUT2D eigenvalue weighted by atomic mass is 10.2. The van der Waals surface area contributed by atoms with Gasteiger partial charge in [-0.3, -0.25) is 4.79 Å². The molecule has 2 aromatic rings. The number of hydrogen-bond donors (Lipinski definition) is 1. The van der Waals surface area contributed by atoms with E-state index in [1.54, 1.807) is 6.07 Å². The Labute approximate surface area is 152 Å². The van der Waals surface area contributed by atoms with Crippen molar-refractivity contribution >= 4 is 23.6 Å². The zero-order valence-electron chi connectivity index (χ0n) is 14.1. The van der Waals surface area contributed by atoms with Gasteiger partial charge in [-0.15, -0.1) is 0 Å².